The van der Waals surface area contributed by atoms with Crippen molar-refractivity contribution in [2.24, 2.45) is 5.14 Å². The number of rotatable bonds is 7. The van der Waals surface area contributed by atoms with Gasteiger partial charge in [0.25, 0.3) is 0 Å². The zero-order chi connectivity index (χ0) is 19.5. The first-order chi connectivity index (χ1) is 12.0. The molecule has 0 atom stereocenters. The molecule has 0 aliphatic heterocycles. The number of hydrogen-bond acceptors (Lipinski definition) is 7. The summed E-state index contributed by atoms with van der Waals surface area (Å²) in [4.78, 5) is 0.984. The van der Waals surface area contributed by atoms with E-state index in [1.54, 1.807) is 18.2 Å². The lowest BCUT2D eigenvalue weighted by Crippen LogP contribution is -2.14. The summed E-state index contributed by atoms with van der Waals surface area (Å²) in [7, 11) is 5.75. The Balaban J connectivity index is 2.55. The molecule has 2 aromatic rings. The number of ether oxygens (including phenoxy) is 1. The maximum Gasteiger partial charge on any atom is 0.238 e. The van der Waals surface area contributed by atoms with Crippen molar-refractivity contribution in [2.75, 3.05) is 11.0 Å². The third-order valence-corrected chi connectivity index (χ3v) is 6.34. The molecule has 0 spiro atoms. The van der Waals surface area contributed by atoms with E-state index in [2.05, 4.69) is 4.72 Å². The lowest BCUT2D eigenvalue weighted by molar-refractivity contribution is 0.471. The van der Waals surface area contributed by atoms with Gasteiger partial charge in [0.05, 0.1) is 21.7 Å². The van der Waals surface area contributed by atoms with Crippen LogP contribution in [0.4, 0.5) is 5.69 Å². The van der Waals surface area contributed by atoms with E-state index in [4.69, 9.17) is 31.2 Å². The lowest BCUT2D eigenvalue weighted by atomic mass is 10.3. The van der Waals surface area contributed by atoms with Gasteiger partial charge in [-0.3, -0.25) is 4.72 Å². The number of hydrogen-bond donors (Lipinski definition) is 2. The maximum atomic E-state index is 11.6. The second-order valence-electron chi connectivity index (χ2n) is 4.94. The summed E-state index contributed by atoms with van der Waals surface area (Å²) in [5, 5.41) is 5.13. The van der Waals surface area contributed by atoms with E-state index in [1.165, 1.54) is 12.1 Å². The van der Waals surface area contributed by atoms with Crippen LogP contribution in [0.25, 0.3) is 0 Å². The number of anilines is 1. The second-order valence-corrected chi connectivity index (χ2v) is 10.4. The summed E-state index contributed by atoms with van der Waals surface area (Å²) in [6.45, 7) is 0. The monoisotopic (exact) mass is 474 g/mol. The van der Waals surface area contributed by atoms with Crippen molar-refractivity contribution in [3.63, 3.8) is 0 Å². The van der Waals surface area contributed by atoms with Gasteiger partial charge in [-0.05, 0) is 73.6 Å². The Kier molecular flexibility index (Phi) is 6.99. The van der Waals surface area contributed by atoms with Crippen molar-refractivity contribution in [2.45, 2.75) is 14.7 Å². The average molecular weight is 475 g/mol. The Labute approximate surface area is 168 Å². The highest BCUT2D eigenvalue weighted by Crippen LogP contribution is 2.40. The predicted molar refractivity (Wildman–Crippen MR) is 106 cm³/mol. The van der Waals surface area contributed by atoms with Crippen LogP contribution in [-0.4, -0.2) is 23.1 Å². The molecular weight excluding hydrogens is 463 g/mol. The van der Waals surface area contributed by atoms with Gasteiger partial charge in [-0.2, -0.15) is 0 Å². The zero-order valence-corrected chi connectivity index (χ0v) is 17.7. The Morgan fingerprint density at radius 3 is 2.23 bits per heavy atom. The molecule has 3 N–H and O–H groups in total. The molecular formula is C13H12Cl2N2O5S4. The van der Waals surface area contributed by atoms with E-state index in [9.17, 15) is 16.8 Å². The van der Waals surface area contributed by atoms with Gasteiger partial charge < -0.3 is 4.74 Å². The van der Waals surface area contributed by atoms with E-state index >= 15 is 0 Å². The number of nitrogens with one attached hydrogen (secondary N) is 1. The van der Waals surface area contributed by atoms with Gasteiger partial charge in [0, 0.05) is 11.0 Å². The summed E-state index contributed by atoms with van der Waals surface area (Å²) in [5.74, 6) is 0.225. The van der Waals surface area contributed by atoms with Crippen LogP contribution < -0.4 is 14.6 Å². The zero-order valence-electron chi connectivity index (χ0n) is 13.0. The Morgan fingerprint density at radius 2 is 1.69 bits per heavy atom. The fourth-order valence-corrected chi connectivity index (χ4v) is 4.31. The van der Waals surface area contributed by atoms with Crippen LogP contribution in [0.15, 0.2) is 51.1 Å². The average Bonchev–Trinajstić information content (AvgIpc) is 2.54. The van der Waals surface area contributed by atoms with Crippen LogP contribution in [0.2, 0.25) is 0 Å². The van der Waals surface area contributed by atoms with Crippen molar-refractivity contribution >= 4 is 69.0 Å². The molecule has 2 aromatic carbocycles. The van der Waals surface area contributed by atoms with Crippen LogP contribution in [0.1, 0.15) is 0 Å². The number of sulfonamides is 2. The largest absolute Gasteiger partial charge is 0.454 e. The molecule has 0 saturated heterocycles. The molecule has 13 heteroatoms. The highest BCUT2D eigenvalue weighted by molar-refractivity contribution is 8.21. The van der Waals surface area contributed by atoms with Crippen LogP contribution in [0.3, 0.4) is 0 Å². The minimum absolute atomic E-state index is 0.0428. The van der Waals surface area contributed by atoms with Crippen molar-refractivity contribution < 1.29 is 21.6 Å². The predicted octanol–water partition coefficient (Wildman–Crippen LogP) is 3.99. The normalized spacial score (nSPS) is 12.0. The lowest BCUT2D eigenvalue weighted by Gasteiger charge is -2.15. The minimum atomic E-state index is -4.01. The summed E-state index contributed by atoms with van der Waals surface area (Å²) in [5.41, 5.74) is 0.0428. The third-order valence-electron chi connectivity index (χ3n) is 2.88. The molecule has 0 bridgehead atoms. The van der Waals surface area contributed by atoms with Gasteiger partial charge in [0.2, 0.25) is 20.0 Å². The Bertz CT molecular complexity index is 1030. The molecule has 7 nitrogen and oxygen atoms in total. The van der Waals surface area contributed by atoms with Crippen LogP contribution in [0, 0.1) is 0 Å². The van der Waals surface area contributed by atoms with E-state index in [1.807, 2.05) is 0 Å². The molecule has 0 aromatic heterocycles. The topological polar surface area (TPSA) is 116 Å². The number of benzene rings is 2. The summed E-state index contributed by atoms with van der Waals surface area (Å²) in [6, 6.07) is 8.43. The van der Waals surface area contributed by atoms with E-state index < -0.39 is 20.0 Å². The molecule has 2 rings (SSSR count). The second kappa shape index (κ2) is 8.46. The van der Waals surface area contributed by atoms with Gasteiger partial charge in [0.15, 0.2) is 5.75 Å². The maximum absolute atomic E-state index is 11.6. The van der Waals surface area contributed by atoms with Gasteiger partial charge in [-0.25, -0.2) is 22.0 Å². The van der Waals surface area contributed by atoms with Crippen LogP contribution in [0.5, 0.6) is 11.5 Å². The molecule has 0 amide bonds. The summed E-state index contributed by atoms with van der Waals surface area (Å²) in [6.07, 6.45) is 0.955. The first kappa shape index (κ1) is 21.5. The molecule has 0 heterocycles. The molecule has 0 aliphatic rings. The number of halogens is 2. The van der Waals surface area contributed by atoms with E-state index in [0.717, 1.165) is 39.2 Å². The van der Waals surface area contributed by atoms with Gasteiger partial charge in [-0.15, -0.1) is 0 Å². The fourth-order valence-electron chi connectivity index (χ4n) is 1.85. The van der Waals surface area contributed by atoms with Crippen molar-refractivity contribution in [3.05, 3.63) is 36.4 Å². The molecule has 26 heavy (non-hydrogen) atoms. The molecule has 0 saturated carbocycles. The standard InChI is InChI=1S/C13H12Cl2N2O5S4/c1-25(18,19)17-10-4-3-9(26(16,20)21)7-12(10)22-11-5-2-8(23-14)6-13(11)24-15/h2-7,17H,1H3,(H2,16,20,21). The molecule has 0 aliphatic carbocycles. The van der Waals surface area contributed by atoms with Gasteiger partial charge in [-0.1, -0.05) is 0 Å². The van der Waals surface area contributed by atoms with Gasteiger partial charge >= 0.3 is 0 Å². The Morgan fingerprint density at radius 1 is 1.00 bits per heavy atom. The first-order valence-corrected chi connectivity index (χ1v) is 13.3. The van der Waals surface area contributed by atoms with Crippen LogP contribution in [-0.2, 0) is 20.0 Å². The van der Waals surface area contributed by atoms with Gasteiger partial charge in [0.1, 0.15) is 5.75 Å². The molecule has 142 valence electrons. The highest BCUT2D eigenvalue weighted by atomic mass is 35.7. The molecule has 0 fully saturated rings. The van der Waals surface area contributed by atoms with Crippen LogP contribution >= 0.6 is 43.3 Å². The fraction of sp³-hybridized carbons (Fsp3) is 0.0769. The summed E-state index contributed by atoms with van der Waals surface area (Å²) >= 11 is 0. The number of primary sulfonamides is 1. The highest BCUT2D eigenvalue weighted by Gasteiger charge is 2.17. The van der Waals surface area contributed by atoms with Crippen molar-refractivity contribution in [1.82, 2.24) is 0 Å². The van der Waals surface area contributed by atoms with E-state index in [-0.39, 0.29) is 22.1 Å². The van der Waals surface area contributed by atoms with Crippen molar-refractivity contribution in [3.8, 4) is 11.5 Å². The third kappa shape index (κ3) is 5.84. The first-order valence-electron chi connectivity index (χ1n) is 6.57. The quantitative estimate of drug-likeness (QED) is 0.622. The minimum Gasteiger partial charge on any atom is -0.454 e. The Hall–Kier alpha value is -0.820. The SMILES string of the molecule is CS(=O)(=O)Nc1ccc(S(N)(=O)=O)cc1Oc1ccc(SCl)cc1SCl. The molecule has 0 unspecified atom stereocenters. The van der Waals surface area contributed by atoms with Crippen molar-refractivity contribution in [1.29, 1.82) is 0 Å². The molecule has 0 radical (unpaired) electrons. The number of nitrogens with two attached hydrogens (primary N) is 1. The smallest absolute Gasteiger partial charge is 0.238 e. The summed E-state index contributed by atoms with van der Waals surface area (Å²) < 4.78 is 54.2. The van der Waals surface area contributed by atoms with E-state index in [0.29, 0.717) is 4.90 Å².